The molecule has 0 unspecified atom stereocenters. The van der Waals surface area contributed by atoms with Crippen LogP contribution in [-0.4, -0.2) is 22.6 Å². The Morgan fingerprint density at radius 3 is 2.46 bits per heavy atom. The second-order valence-electron chi connectivity index (χ2n) is 5.47. The molecule has 0 saturated carbocycles. The third-order valence-electron chi connectivity index (χ3n) is 3.62. The third kappa shape index (κ3) is 4.38. The van der Waals surface area contributed by atoms with Crippen LogP contribution in [0.3, 0.4) is 0 Å². The Hall–Kier alpha value is -2.75. The highest BCUT2D eigenvalue weighted by Gasteiger charge is 2.09. The lowest BCUT2D eigenvalue weighted by Gasteiger charge is -2.11. The molecule has 0 aromatic heterocycles. The molecule has 24 heavy (non-hydrogen) atoms. The minimum absolute atomic E-state index is 0.122. The van der Waals surface area contributed by atoms with Gasteiger partial charge >= 0.3 is 0 Å². The van der Waals surface area contributed by atoms with Crippen molar-refractivity contribution >= 4 is 11.9 Å². The van der Waals surface area contributed by atoms with E-state index in [9.17, 15) is 15.0 Å². The van der Waals surface area contributed by atoms with Gasteiger partial charge in [0.05, 0.1) is 6.61 Å². The molecule has 0 spiro atoms. The van der Waals surface area contributed by atoms with Crippen LogP contribution in [0.2, 0.25) is 0 Å². The van der Waals surface area contributed by atoms with Crippen molar-refractivity contribution in [2.75, 3.05) is 6.61 Å². The van der Waals surface area contributed by atoms with E-state index in [1.165, 1.54) is 18.2 Å². The summed E-state index contributed by atoms with van der Waals surface area (Å²) < 4.78 is 5.66. The van der Waals surface area contributed by atoms with Gasteiger partial charge in [-0.3, -0.25) is 4.79 Å². The molecule has 0 aliphatic heterocycles. The van der Waals surface area contributed by atoms with E-state index in [-0.39, 0.29) is 17.3 Å². The summed E-state index contributed by atoms with van der Waals surface area (Å²) in [6.07, 6.45) is 4.70. The van der Waals surface area contributed by atoms with Crippen molar-refractivity contribution in [1.29, 1.82) is 0 Å². The van der Waals surface area contributed by atoms with E-state index in [0.717, 1.165) is 17.5 Å². The molecule has 0 radical (unpaired) electrons. The number of carbonyl (C=O) groups excluding carboxylic acids is 1. The Morgan fingerprint density at radius 1 is 1.12 bits per heavy atom. The number of benzene rings is 2. The maximum Gasteiger partial charge on any atom is 0.185 e. The maximum absolute atomic E-state index is 12.2. The van der Waals surface area contributed by atoms with Crippen molar-refractivity contribution in [3.05, 3.63) is 59.2 Å². The first kappa shape index (κ1) is 17.6. The molecule has 0 amide bonds. The van der Waals surface area contributed by atoms with E-state index < -0.39 is 0 Å². The van der Waals surface area contributed by atoms with E-state index in [0.29, 0.717) is 24.3 Å². The summed E-state index contributed by atoms with van der Waals surface area (Å²) in [6.45, 7) is 4.50. The topological polar surface area (TPSA) is 66.8 Å². The predicted octanol–water partition coefficient (Wildman–Crippen LogP) is 4.35. The lowest BCUT2D eigenvalue weighted by Crippen LogP contribution is -1.99. The first-order valence-corrected chi connectivity index (χ1v) is 8.05. The molecule has 4 heteroatoms. The fourth-order valence-corrected chi connectivity index (χ4v) is 2.27. The lowest BCUT2D eigenvalue weighted by molar-refractivity contribution is 0.104. The molecule has 0 aliphatic rings. The van der Waals surface area contributed by atoms with Gasteiger partial charge in [-0.25, -0.2) is 0 Å². The average Bonchev–Trinajstić information content (AvgIpc) is 2.59. The number of allylic oxidation sites excluding steroid dienone is 1. The Kier molecular flexibility index (Phi) is 6.01. The normalized spacial score (nSPS) is 10.9. The van der Waals surface area contributed by atoms with E-state index in [2.05, 4.69) is 0 Å². The number of ether oxygens (including phenoxy) is 1. The van der Waals surface area contributed by atoms with Crippen LogP contribution in [0.15, 0.2) is 42.5 Å². The molecule has 0 bridgehead atoms. The van der Waals surface area contributed by atoms with Gasteiger partial charge in [0.25, 0.3) is 0 Å². The van der Waals surface area contributed by atoms with Crippen LogP contribution in [0.5, 0.6) is 17.2 Å². The highest BCUT2D eigenvalue weighted by molar-refractivity contribution is 6.07. The molecule has 2 N–H and O–H groups in total. The van der Waals surface area contributed by atoms with Gasteiger partial charge in [-0.15, -0.1) is 0 Å². The molecule has 0 fully saturated rings. The van der Waals surface area contributed by atoms with Gasteiger partial charge in [-0.1, -0.05) is 13.8 Å². The number of aryl methyl sites for hydroxylation is 1. The Labute approximate surface area is 142 Å². The highest BCUT2D eigenvalue weighted by Crippen LogP contribution is 2.30. The maximum atomic E-state index is 12.2. The number of rotatable bonds is 7. The highest BCUT2D eigenvalue weighted by atomic mass is 16.5. The van der Waals surface area contributed by atoms with E-state index >= 15 is 0 Å². The van der Waals surface area contributed by atoms with Gasteiger partial charge in [0.1, 0.15) is 17.2 Å². The number of phenols is 2. The Bertz CT molecular complexity index is 730. The number of hydrogen-bond donors (Lipinski definition) is 2. The zero-order valence-electron chi connectivity index (χ0n) is 14.0. The quantitative estimate of drug-likeness (QED) is 0.586. The molecule has 2 rings (SSSR count). The van der Waals surface area contributed by atoms with Crippen molar-refractivity contribution in [2.24, 2.45) is 0 Å². The standard InChI is InChI=1S/C20H22O4/c1-3-11-24-20-13-19(23)14(4-2)12-16(20)7-10-18(22)15-5-8-17(21)9-6-15/h5-10,12-13,21,23H,3-4,11H2,1-2H3. The number of phenolic OH excluding ortho intramolecular Hbond substituents is 2. The molecular weight excluding hydrogens is 304 g/mol. The largest absolute Gasteiger partial charge is 0.508 e. The van der Waals surface area contributed by atoms with E-state index in [1.54, 1.807) is 24.3 Å². The van der Waals surface area contributed by atoms with Crippen molar-refractivity contribution in [2.45, 2.75) is 26.7 Å². The molecule has 2 aromatic rings. The zero-order chi connectivity index (χ0) is 17.5. The summed E-state index contributed by atoms with van der Waals surface area (Å²) in [5, 5.41) is 19.3. The second kappa shape index (κ2) is 8.20. The molecule has 0 heterocycles. The fraction of sp³-hybridized carbons (Fsp3) is 0.250. The van der Waals surface area contributed by atoms with Crippen molar-refractivity contribution in [1.82, 2.24) is 0 Å². The minimum atomic E-state index is -0.164. The molecule has 0 aliphatic carbocycles. The summed E-state index contributed by atoms with van der Waals surface area (Å²) >= 11 is 0. The summed E-state index contributed by atoms with van der Waals surface area (Å²) in [5.74, 6) is 0.714. The summed E-state index contributed by atoms with van der Waals surface area (Å²) in [4.78, 5) is 12.2. The fourth-order valence-electron chi connectivity index (χ4n) is 2.27. The van der Waals surface area contributed by atoms with Gasteiger partial charge in [-0.2, -0.15) is 0 Å². The first-order chi connectivity index (χ1) is 11.5. The number of carbonyl (C=O) groups is 1. The van der Waals surface area contributed by atoms with Gasteiger partial charge in [-0.05, 0) is 60.9 Å². The van der Waals surface area contributed by atoms with Crippen LogP contribution in [0.25, 0.3) is 6.08 Å². The van der Waals surface area contributed by atoms with E-state index in [4.69, 9.17) is 4.74 Å². The SMILES string of the molecule is CCCOc1cc(O)c(CC)cc1C=CC(=O)c1ccc(O)cc1. The van der Waals surface area contributed by atoms with Gasteiger partial charge < -0.3 is 14.9 Å². The van der Waals surface area contributed by atoms with Crippen LogP contribution in [-0.2, 0) is 6.42 Å². The molecular formula is C20H22O4. The molecule has 0 saturated heterocycles. The van der Waals surface area contributed by atoms with Crippen molar-refractivity contribution in [3.8, 4) is 17.2 Å². The second-order valence-corrected chi connectivity index (χ2v) is 5.47. The molecule has 0 atom stereocenters. The van der Waals surface area contributed by atoms with E-state index in [1.807, 2.05) is 19.9 Å². The minimum Gasteiger partial charge on any atom is -0.508 e. The van der Waals surface area contributed by atoms with Gasteiger partial charge in [0.2, 0.25) is 0 Å². The van der Waals surface area contributed by atoms with Crippen molar-refractivity contribution < 1.29 is 19.7 Å². The van der Waals surface area contributed by atoms with Crippen LogP contribution >= 0.6 is 0 Å². The average molecular weight is 326 g/mol. The summed E-state index contributed by atoms with van der Waals surface area (Å²) in [5.41, 5.74) is 2.05. The third-order valence-corrected chi connectivity index (χ3v) is 3.62. The molecule has 2 aromatic carbocycles. The Morgan fingerprint density at radius 2 is 1.83 bits per heavy atom. The van der Waals surface area contributed by atoms with Crippen LogP contribution in [0, 0.1) is 0 Å². The lowest BCUT2D eigenvalue weighted by atomic mass is 10.0. The number of hydrogen-bond acceptors (Lipinski definition) is 4. The van der Waals surface area contributed by atoms with Crippen molar-refractivity contribution in [3.63, 3.8) is 0 Å². The summed E-state index contributed by atoms with van der Waals surface area (Å²) in [7, 11) is 0. The van der Waals surface area contributed by atoms with Gasteiger partial charge in [0, 0.05) is 17.2 Å². The smallest absolute Gasteiger partial charge is 0.185 e. The predicted molar refractivity (Wildman–Crippen MR) is 94.7 cm³/mol. The summed E-state index contributed by atoms with van der Waals surface area (Å²) in [6, 6.07) is 9.54. The number of aromatic hydroxyl groups is 2. The number of ketones is 1. The zero-order valence-corrected chi connectivity index (χ0v) is 14.0. The molecule has 126 valence electrons. The van der Waals surface area contributed by atoms with Crippen LogP contribution < -0.4 is 4.74 Å². The van der Waals surface area contributed by atoms with Gasteiger partial charge in [0.15, 0.2) is 5.78 Å². The monoisotopic (exact) mass is 326 g/mol. The molecule has 4 nitrogen and oxygen atoms in total. The first-order valence-electron chi connectivity index (χ1n) is 8.05. The Balaban J connectivity index is 2.28. The van der Waals surface area contributed by atoms with Crippen LogP contribution in [0.1, 0.15) is 41.8 Å². The van der Waals surface area contributed by atoms with Crippen LogP contribution in [0.4, 0.5) is 0 Å².